The number of carbonyl (C=O) groups is 1. The summed E-state index contributed by atoms with van der Waals surface area (Å²) in [5.74, 6) is -0.643. The Labute approximate surface area is 115 Å². The van der Waals surface area contributed by atoms with E-state index in [1.54, 1.807) is 0 Å². The molecule has 2 aliphatic rings. The third-order valence-corrected chi connectivity index (χ3v) is 4.37. The molecule has 3 atom stereocenters. The number of ether oxygens (including phenoxy) is 1. The van der Waals surface area contributed by atoms with Gasteiger partial charge < -0.3 is 9.84 Å². The summed E-state index contributed by atoms with van der Waals surface area (Å²) in [6, 6.07) is 0.552. The second kappa shape index (κ2) is 6.20. The summed E-state index contributed by atoms with van der Waals surface area (Å²) in [5.41, 5.74) is 0. The fraction of sp³-hybridized carbons (Fsp3) is 0.929. The van der Waals surface area contributed by atoms with Crippen LogP contribution in [0.2, 0.25) is 0 Å². The Hall–Kier alpha value is -0.650. The first-order chi connectivity index (χ1) is 8.97. The maximum Gasteiger partial charge on any atom is 0.308 e. The van der Waals surface area contributed by atoms with Crippen molar-refractivity contribution in [2.75, 3.05) is 39.3 Å². The van der Waals surface area contributed by atoms with Gasteiger partial charge in [0.05, 0.1) is 18.6 Å². The Morgan fingerprint density at radius 2 is 2.11 bits per heavy atom. The van der Waals surface area contributed by atoms with E-state index in [1.807, 2.05) is 6.92 Å². The van der Waals surface area contributed by atoms with Gasteiger partial charge in [0, 0.05) is 38.8 Å². The molecule has 2 rings (SSSR count). The van der Waals surface area contributed by atoms with E-state index >= 15 is 0 Å². The highest BCUT2D eigenvalue weighted by atomic mass is 16.5. The van der Waals surface area contributed by atoms with Gasteiger partial charge in [-0.2, -0.15) is 0 Å². The lowest BCUT2D eigenvalue weighted by Gasteiger charge is -2.37. The van der Waals surface area contributed by atoms with E-state index < -0.39 is 5.97 Å². The van der Waals surface area contributed by atoms with Crippen LogP contribution in [-0.4, -0.2) is 72.4 Å². The second-order valence-corrected chi connectivity index (χ2v) is 6.22. The number of aliphatic carboxylic acids is 1. The molecular formula is C14H26N2O3. The smallest absolute Gasteiger partial charge is 0.308 e. The van der Waals surface area contributed by atoms with E-state index in [1.165, 1.54) is 0 Å². The van der Waals surface area contributed by atoms with E-state index in [9.17, 15) is 4.79 Å². The van der Waals surface area contributed by atoms with Gasteiger partial charge in [0.15, 0.2) is 0 Å². The quantitative estimate of drug-likeness (QED) is 0.817. The number of likely N-dealkylation sites (tertiary alicyclic amines) is 1. The predicted octanol–water partition coefficient (Wildman–Crippen LogP) is 0.748. The average Bonchev–Trinajstić information content (AvgIpc) is 2.70. The molecule has 0 saturated carbocycles. The second-order valence-electron chi connectivity index (χ2n) is 6.22. The van der Waals surface area contributed by atoms with Crippen LogP contribution in [0.25, 0.3) is 0 Å². The molecule has 0 spiro atoms. The molecule has 3 unspecified atom stereocenters. The van der Waals surface area contributed by atoms with Crippen molar-refractivity contribution in [1.29, 1.82) is 0 Å². The molecule has 0 aliphatic carbocycles. The van der Waals surface area contributed by atoms with Crippen molar-refractivity contribution in [3.05, 3.63) is 0 Å². The van der Waals surface area contributed by atoms with E-state index in [-0.39, 0.29) is 17.9 Å². The van der Waals surface area contributed by atoms with Crippen LogP contribution in [-0.2, 0) is 9.53 Å². The monoisotopic (exact) mass is 270 g/mol. The van der Waals surface area contributed by atoms with E-state index in [0.717, 1.165) is 32.8 Å². The zero-order chi connectivity index (χ0) is 14.0. The fourth-order valence-corrected chi connectivity index (χ4v) is 3.15. The number of carboxylic acids is 1. The van der Waals surface area contributed by atoms with Gasteiger partial charge in [-0.3, -0.25) is 14.6 Å². The largest absolute Gasteiger partial charge is 0.481 e. The molecule has 2 aliphatic heterocycles. The lowest BCUT2D eigenvalue weighted by molar-refractivity contribution is -0.142. The molecular weight excluding hydrogens is 244 g/mol. The first-order valence-electron chi connectivity index (χ1n) is 7.28. The lowest BCUT2D eigenvalue weighted by Crippen LogP contribution is -2.49. The van der Waals surface area contributed by atoms with Gasteiger partial charge in [0.2, 0.25) is 0 Å². The van der Waals surface area contributed by atoms with E-state index in [4.69, 9.17) is 9.84 Å². The molecule has 2 heterocycles. The summed E-state index contributed by atoms with van der Waals surface area (Å²) in [4.78, 5) is 15.8. The summed E-state index contributed by atoms with van der Waals surface area (Å²) >= 11 is 0. The highest BCUT2D eigenvalue weighted by Crippen LogP contribution is 2.24. The van der Waals surface area contributed by atoms with Gasteiger partial charge in [-0.05, 0) is 19.8 Å². The molecule has 2 fully saturated rings. The summed E-state index contributed by atoms with van der Waals surface area (Å²) < 4.78 is 5.82. The molecule has 110 valence electrons. The number of rotatable bonds is 4. The number of carboxylic acid groups (broad SMARTS) is 1. The zero-order valence-electron chi connectivity index (χ0n) is 12.2. The predicted molar refractivity (Wildman–Crippen MR) is 73.2 cm³/mol. The van der Waals surface area contributed by atoms with Crippen LogP contribution in [0.1, 0.15) is 20.8 Å². The van der Waals surface area contributed by atoms with Gasteiger partial charge >= 0.3 is 5.97 Å². The Balaban J connectivity index is 1.83. The van der Waals surface area contributed by atoms with Crippen LogP contribution < -0.4 is 0 Å². The van der Waals surface area contributed by atoms with Crippen LogP contribution >= 0.6 is 0 Å². The third kappa shape index (κ3) is 3.68. The van der Waals surface area contributed by atoms with Crippen molar-refractivity contribution >= 4 is 5.97 Å². The van der Waals surface area contributed by atoms with Crippen molar-refractivity contribution in [3.8, 4) is 0 Å². The molecule has 0 bridgehead atoms. The van der Waals surface area contributed by atoms with Gasteiger partial charge in [-0.1, -0.05) is 6.92 Å². The maximum atomic E-state index is 11.1. The molecule has 0 aromatic heterocycles. The summed E-state index contributed by atoms with van der Waals surface area (Å²) in [7, 11) is 0. The van der Waals surface area contributed by atoms with E-state index in [2.05, 4.69) is 23.6 Å². The lowest BCUT2D eigenvalue weighted by atomic mass is 9.99. The number of hydrogen-bond donors (Lipinski definition) is 1. The number of morpholine rings is 1. The molecule has 5 nitrogen and oxygen atoms in total. The van der Waals surface area contributed by atoms with Crippen molar-refractivity contribution in [1.82, 2.24) is 9.80 Å². The third-order valence-electron chi connectivity index (χ3n) is 4.37. The molecule has 19 heavy (non-hydrogen) atoms. The fourth-order valence-electron chi connectivity index (χ4n) is 3.15. The van der Waals surface area contributed by atoms with Crippen molar-refractivity contribution < 1.29 is 14.6 Å². The van der Waals surface area contributed by atoms with E-state index in [0.29, 0.717) is 12.6 Å². The Bertz CT molecular complexity index is 322. The van der Waals surface area contributed by atoms with Crippen molar-refractivity contribution in [2.24, 2.45) is 11.8 Å². The molecule has 0 aromatic rings. The van der Waals surface area contributed by atoms with Gasteiger partial charge in [-0.15, -0.1) is 0 Å². The van der Waals surface area contributed by atoms with Gasteiger partial charge in [-0.25, -0.2) is 0 Å². The summed E-state index contributed by atoms with van der Waals surface area (Å²) in [6.07, 6.45) is 0.218. The minimum atomic E-state index is -0.664. The minimum absolute atomic E-state index is 0.218. The van der Waals surface area contributed by atoms with Crippen LogP contribution in [0.5, 0.6) is 0 Å². The Morgan fingerprint density at radius 1 is 1.37 bits per heavy atom. The molecule has 0 radical (unpaired) electrons. The first kappa shape index (κ1) is 14.8. The van der Waals surface area contributed by atoms with Crippen LogP contribution in [0.15, 0.2) is 0 Å². The maximum absolute atomic E-state index is 11.1. The highest BCUT2D eigenvalue weighted by molar-refractivity contribution is 5.71. The zero-order valence-corrected chi connectivity index (χ0v) is 12.2. The van der Waals surface area contributed by atoms with Crippen molar-refractivity contribution in [2.45, 2.75) is 32.9 Å². The molecule has 0 amide bonds. The molecule has 1 N–H and O–H groups in total. The Kier molecular flexibility index (Phi) is 4.81. The molecule has 5 heteroatoms. The first-order valence-corrected chi connectivity index (χ1v) is 7.28. The normalized spacial score (nSPS) is 34.0. The topological polar surface area (TPSA) is 53.0 Å². The van der Waals surface area contributed by atoms with Crippen LogP contribution in [0.3, 0.4) is 0 Å². The molecule has 0 aromatic carbocycles. The highest BCUT2D eigenvalue weighted by Gasteiger charge is 2.36. The summed E-state index contributed by atoms with van der Waals surface area (Å²) in [5, 5.41) is 9.16. The van der Waals surface area contributed by atoms with Crippen molar-refractivity contribution in [3.63, 3.8) is 0 Å². The van der Waals surface area contributed by atoms with Gasteiger partial charge in [0.25, 0.3) is 0 Å². The molecule has 2 saturated heterocycles. The number of nitrogens with zero attached hydrogens (tertiary/aromatic N) is 2. The van der Waals surface area contributed by atoms with Gasteiger partial charge in [0.1, 0.15) is 0 Å². The standard InChI is InChI=1S/C14H26N2O3/c1-10(2)16-4-5-19-12(8-16)7-15-6-11(3)13(9-15)14(17)18/h10-13H,4-9H2,1-3H3,(H,17,18). The minimum Gasteiger partial charge on any atom is -0.481 e. The van der Waals surface area contributed by atoms with Crippen LogP contribution in [0.4, 0.5) is 0 Å². The van der Waals surface area contributed by atoms with Crippen LogP contribution in [0, 0.1) is 11.8 Å². The SMILES string of the molecule is CC1CN(CC2CN(C(C)C)CCO2)CC1C(=O)O. The number of hydrogen-bond acceptors (Lipinski definition) is 4. The average molecular weight is 270 g/mol. The Morgan fingerprint density at radius 3 is 2.68 bits per heavy atom. The summed E-state index contributed by atoms with van der Waals surface area (Å²) in [6.45, 7) is 11.6.